The van der Waals surface area contributed by atoms with Crippen LogP contribution in [0, 0.1) is 0 Å². The zero-order chi connectivity index (χ0) is 22.2. The molecule has 9 nitrogen and oxygen atoms in total. The number of anilines is 2. The van der Waals surface area contributed by atoms with Crippen molar-refractivity contribution >= 4 is 21.5 Å². The van der Waals surface area contributed by atoms with Crippen LogP contribution in [-0.4, -0.2) is 58.0 Å². The number of nitrogens with one attached hydrogen (secondary N) is 2. The Morgan fingerprint density at radius 1 is 0.969 bits per heavy atom. The highest BCUT2D eigenvalue weighted by Gasteiger charge is 2.14. The molecule has 1 aromatic heterocycles. The fourth-order valence-electron chi connectivity index (χ4n) is 3.21. The molecular weight excluding hydrogens is 430 g/mol. The van der Waals surface area contributed by atoms with E-state index >= 15 is 0 Å². The molecule has 2 N–H and O–H groups in total. The fourth-order valence-corrected chi connectivity index (χ4v) is 4.24. The van der Waals surface area contributed by atoms with Crippen LogP contribution in [0.5, 0.6) is 11.5 Å². The molecule has 0 unspecified atom stereocenters. The van der Waals surface area contributed by atoms with E-state index in [4.69, 9.17) is 9.47 Å². The van der Waals surface area contributed by atoms with E-state index < -0.39 is 10.0 Å². The van der Waals surface area contributed by atoms with Crippen LogP contribution in [0.4, 0.5) is 11.5 Å². The summed E-state index contributed by atoms with van der Waals surface area (Å²) in [5.41, 5.74) is 0.962. The molecule has 0 bridgehead atoms. The van der Waals surface area contributed by atoms with Gasteiger partial charge in [-0.3, -0.25) is 0 Å². The molecule has 4 rings (SSSR count). The molecule has 32 heavy (non-hydrogen) atoms. The lowest BCUT2D eigenvalue weighted by atomic mass is 10.3. The van der Waals surface area contributed by atoms with E-state index in [0.717, 1.165) is 18.8 Å². The van der Waals surface area contributed by atoms with E-state index in [9.17, 15) is 8.42 Å². The number of nitrogens with zero attached hydrogens (tertiary/aromatic N) is 3. The Balaban J connectivity index is 1.27. The molecule has 0 amide bonds. The molecule has 0 atom stereocenters. The molecule has 2 heterocycles. The summed E-state index contributed by atoms with van der Waals surface area (Å²) in [4.78, 5) is 2.35. The summed E-state index contributed by atoms with van der Waals surface area (Å²) in [5, 5.41) is 11.2. The maximum Gasteiger partial charge on any atom is 0.240 e. The number of hydrogen-bond donors (Lipinski definition) is 2. The SMILES string of the molecule is O=S(=O)(NCCNc1cc(N2CCOCC2)cnn1)c1ccc(Oc2ccccc2)cc1. The molecule has 1 aliphatic heterocycles. The summed E-state index contributed by atoms with van der Waals surface area (Å²) < 4.78 is 38.7. The van der Waals surface area contributed by atoms with Crippen LogP contribution in [0.25, 0.3) is 0 Å². The number of sulfonamides is 1. The van der Waals surface area contributed by atoms with Crippen molar-refractivity contribution in [3.05, 3.63) is 66.9 Å². The van der Waals surface area contributed by atoms with Crippen LogP contribution >= 0.6 is 0 Å². The highest BCUT2D eigenvalue weighted by Crippen LogP contribution is 2.22. The second kappa shape index (κ2) is 10.4. The van der Waals surface area contributed by atoms with Crippen LogP contribution in [0.1, 0.15) is 0 Å². The number of rotatable bonds is 9. The number of benzene rings is 2. The lowest BCUT2D eigenvalue weighted by Crippen LogP contribution is -2.36. The average molecular weight is 456 g/mol. The maximum absolute atomic E-state index is 12.5. The Bertz CT molecular complexity index is 1100. The Kier molecular flexibility index (Phi) is 7.15. The normalized spacial score (nSPS) is 14.2. The van der Waals surface area contributed by atoms with Gasteiger partial charge >= 0.3 is 0 Å². The third-order valence-electron chi connectivity index (χ3n) is 4.85. The van der Waals surface area contributed by atoms with E-state index in [1.54, 1.807) is 18.3 Å². The molecule has 0 saturated carbocycles. The van der Waals surface area contributed by atoms with Gasteiger partial charge in [0.15, 0.2) is 5.82 Å². The number of hydrogen-bond acceptors (Lipinski definition) is 8. The molecule has 1 saturated heterocycles. The van der Waals surface area contributed by atoms with E-state index in [0.29, 0.717) is 37.1 Å². The monoisotopic (exact) mass is 455 g/mol. The summed E-state index contributed by atoms with van der Waals surface area (Å²) in [6.07, 6.45) is 1.71. The van der Waals surface area contributed by atoms with Gasteiger partial charge in [-0.15, -0.1) is 5.10 Å². The van der Waals surface area contributed by atoms with Crippen molar-refractivity contribution in [3.8, 4) is 11.5 Å². The van der Waals surface area contributed by atoms with Crippen LogP contribution in [0.2, 0.25) is 0 Å². The Morgan fingerprint density at radius 2 is 1.69 bits per heavy atom. The van der Waals surface area contributed by atoms with Gasteiger partial charge in [0, 0.05) is 32.2 Å². The van der Waals surface area contributed by atoms with Gasteiger partial charge in [-0.1, -0.05) is 18.2 Å². The van der Waals surface area contributed by atoms with Gasteiger partial charge in [-0.25, -0.2) is 13.1 Å². The smallest absolute Gasteiger partial charge is 0.240 e. The molecule has 1 aliphatic rings. The minimum Gasteiger partial charge on any atom is -0.457 e. The Labute approximate surface area is 187 Å². The molecule has 1 fully saturated rings. The second-order valence-corrected chi connectivity index (χ2v) is 8.88. The summed E-state index contributed by atoms with van der Waals surface area (Å²) in [7, 11) is -3.63. The average Bonchev–Trinajstić information content (AvgIpc) is 2.84. The molecule has 2 aromatic carbocycles. The molecular formula is C22H25N5O4S. The first-order valence-corrected chi connectivity index (χ1v) is 11.8. The zero-order valence-corrected chi connectivity index (χ0v) is 18.3. The minimum absolute atomic E-state index is 0.173. The first kappa shape index (κ1) is 22.0. The third-order valence-corrected chi connectivity index (χ3v) is 6.33. The van der Waals surface area contributed by atoms with E-state index in [1.165, 1.54) is 12.1 Å². The van der Waals surface area contributed by atoms with Gasteiger partial charge < -0.3 is 19.7 Å². The maximum atomic E-state index is 12.5. The van der Waals surface area contributed by atoms with E-state index in [-0.39, 0.29) is 11.4 Å². The highest BCUT2D eigenvalue weighted by molar-refractivity contribution is 7.89. The topological polar surface area (TPSA) is 106 Å². The van der Waals surface area contributed by atoms with Gasteiger partial charge in [0.1, 0.15) is 11.5 Å². The van der Waals surface area contributed by atoms with Gasteiger partial charge in [-0.05, 0) is 36.4 Å². The predicted octanol–water partition coefficient (Wildman–Crippen LogP) is 2.50. The summed E-state index contributed by atoms with van der Waals surface area (Å²) >= 11 is 0. The Hall–Kier alpha value is -3.21. The Morgan fingerprint density at radius 3 is 2.44 bits per heavy atom. The molecule has 0 radical (unpaired) electrons. The minimum atomic E-state index is -3.63. The number of aromatic nitrogens is 2. The van der Waals surface area contributed by atoms with Gasteiger partial charge in [0.25, 0.3) is 0 Å². The number of ether oxygens (including phenoxy) is 2. The standard InChI is InChI=1S/C22H25N5O4S/c28-32(29,21-8-6-20(7-9-21)31-19-4-2-1-3-5-19)25-11-10-23-22-16-18(17-24-26-22)27-12-14-30-15-13-27/h1-9,16-17,25H,10-15H2,(H,23,26). The van der Waals surface area contributed by atoms with Crippen molar-refractivity contribution in [2.24, 2.45) is 0 Å². The summed E-state index contributed by atoms with van der Waals surface area (Å²) in [5.74, 6) is 1.85. The van der Waals surface area contributed by atoms with Crippen molar-refractivity contribution in [3.63, 3.8) is 0 Å². The largest absolute Gasteiger partial charge is 0.457 e. The van der Waals surface area contributed by atoms with Gasteiger partial charge in [0.2, 0.25) is 10.0 Å². The van der Waals surface area contributed by atoms with E-state index in [1.807, 2.05) is 36.4 Å². The first-order chi connectivity index (χ1) is 15.6. The van der Waals surface area contributed by atoms with Crippen molar-refractivity contribution in [1.29, 1.82) is 0 Å². The van der Waals surface area contributed by atoms with Gasteiger partial charge in [-0.2, -0.15) is 5.10 Å². The molecule has 0 aliphatic carbocycles. The van der Waals surface area contributed by atoms with Crippen LogP contribution in [0.15, 0.2) is 71.8 Å². The lowest BCUT2D eigenvalue weighted by Gasteiger charge is -2.28. The lowest BCUT2D eigenvalue weighted by molar-refractivity contribution is 0.122. The fraction of sp³-hybridized carbons (Fsp3) is 0.273. The summed E-state index contributed by atoms with van der Waals surface area (Å²) in [6.45, 7) is 3.56. The zero-order valence-electron chi connectivity index (χ0n) is 17.5. The molecule has 168 valence electrons. The van der Waals surface area contributed by atoms with Crippen molar-refractivity contribution in [2.45, 2.75) is 4.90 Å². The number of para-hydroxylation sites is 1. The van der Waals surface area contributed by atoms with E-state index in [2.05, 4.69) is 25.1 Å². The van der Waals surface area contributed by atoms with Crippen molar-refractivity contribution in [1.82, 2.24) is 14.9 Å². The third kappa shape index (κ3) is 5.94. The second-order valence-electron chi connectivity index (χ2n) is 7.11. The molecule has 10 heteroatoms. The van der Waals surface area contributed by atoms with Crippen molar-refractivity contribution in [2.75, 3.05) is 49.6 Å². The van der Waals surface area contributed by atoms with Crippen LogP contribution in [-0.2, 0) is 14.8 Å². The van der Waals surface area contributed by atoms with Crippen LogP contribution < -0.4 is 19.7 Å². The highest BCUT2D eigenvalue weighted by atomic mass is 32.2. The first-order valence-electron chi connectivity index (χ1n) is 10.3. The quantitative estimate of drug-likeness (QED) is 0.474. The molecule has 3 aromatic rings. The van der Waals surface area contributed by atoms with Crippen molar-refractivity contribution < 1.29 is 17.9 Å². The van der Waals surface area contributed by atoms with Gasteiger partial charge in [0.05, 0.1) is 30.0 Å². The number of morpholine rings is 1. The predicted molar refractivity (Wildman–Crippen MR) is 122 cm³/mol. The summed E-state index contributed by atoms with van der Waals surface area (Å²) in [6, 6.07) is 17.5. The molecule has 0 spiro atoms. The van der Waals surface area contributed by atoms with Crippen LogP contribution in [0.3, 0.4) is 0 Å².